The lowest BCUT2D eigenvalue weighted by Gasteiger charge is -2.17. The van der Waals surface area contributed by atoms with Crippen molar-refractivity contribution in [2.75, 3.05) is 25.0 Å². The minimum atomic E-state index is -1.27. The van der Waals surface area contributed by atoms with Gasteiger partial charge in [0.15, 0.2) is 10.9 Å². The van der Waals surface area contributed by atoms with Crippen molar-refractivity contribution in [1.29, 1.82) is 0 Å². The van der Waals surface area contributed by atoms with Crippen LogP contribution in [0.15, 0.2) is 6.33 Å². The van der Waals surface area contributed by atoms with Gasteiger partial charge in [0, 0.05) is 13.1 Å². The van der Waals surface area contributed by atoms with E-state index in [0.717, 1.165) is 0 Å². The SMILES string of the molecule is CC(O)C(N)C(=O)NCCCNc1nc(=S)c2ncn([C@@H]3O[C@H](CO)C(O)C3O)c2[nH]1. The first-order chi connectivity index (χ1) is 14.7. The summed E-state index contributed by atoms with van der Waals surface area (Å²) in [4.78, 5) is 23.2. The van der Waals surface area contributed by atoms with Gasteiger partial charge in [-0.2, -0.15) is 0 Å². The van der Waals surface area contributed by atoms with Gasteiger partial charge in [0.2, 0.25) is 11.9 Å². The molecule has 13 nitrogen and oxygen atoms in total. The predicted molar refractivity (Wildman–Crippen MR) is 111 cm³/mol. The normalized spacial score (nSPS) is 25.5. The minimum absolute atomic E-state index is 0.220. The van der Waals surface area contributed by atoms with E-state index in [4.69, 9.17) is 22.7 Å². The Kier molecular flexibility index (Phi) is 7.53. The Hall–Kier alpha value is -2.20. The van der Waals surface area contributed by atoms with Crippen LogP contribution in [-0.4, -0.2) is 96.0 Å². The number of imidazole rings is 1. The number of rotatable bonds is 9. The van der Waals surface area contributed by atoms with Gasteiger partial charge in [-0.05, 0) is 13.3 Å². The summed E-state index contributed by atoms with van der Waals surface area (Å²) in [7, 11) is 0. The van der Waals surface area contributed by atoms with Crippen molar-refractivity contribution >= 4 is 35.2 Å². The third kappa shape index (κ3) is 5.01. The summed E-state index contributed by atoms with van der Waals surface area (Å²) < 4.78 is 7.25. The second-order valence-corrected chi connectivity index (χ2v) is 7.69. The summed E-state index contributed by atoms with van der Waals surface area (Å²) in [5.41, 5.74) is 6.37. The molecule has 0 spiro atoms. The van der Waals surface area contributed by atoms with E-state index < -0.39 is 49.2 Å². The van der Waals surface area contributed by atoms with Gasteiger partial charge < -0.3 is 46.5 Å². The smallest absolute Gasteiger partial charge is 0.239 e. The molecule has 2 aromatic rings. The van der Waals surface area contributed by atoms with Crippen LogP contribution in [0.4, 0.5) is 5.95 Å². The van der Waals surface area contributed by atoms with Crippen molar-refractivity contribution in [3.05, 3.63) is 11.0 Å². The number of aliphatic hydroxyl groups excluding tert-OH is 4. The molecule has 1 aliphatic heterocycles. The van der Waals surface area contributed by atoms with Gasteiger partial charge in [-0.3, -0.25) is 9.36 Å². The van der Waals surface area contributed by atoms with E-state index in [-0.39, 0.29) is 4.64 Å². The highest BCUT2D eigenvalue weighted by atomic mass is 32.1. The summed E-state index contributed by atoms with van der Waals surface area (Å²) in [6.07, 6.45) is -3.38. The number of hydrogen-bond acceptors (Lipinski definition) is 11. The second-order valence-electron chi connectivity index (χ2n) is 7.31. The number of hydrogen-bond donors (Lipinski definition) is 8. The number of nitrogens with one attached hydrogen (secondary N) is 3. The molecule has 172 valence electrons. The zero-order valence-electron chi connectivity index (χ0n) is 16.8. The minimum Gasteiger partial charge on any atom is -0.394 e. The molecule has 14 heteroatoms. The van der Waals surface area contributed by atoms with E-state index in [1.807, 2.05) is 0 Å². The zero-order valence-corrected chi connectivity index (χ0v) is 17.6. The molecular weight excluding hydrogens is 430 g/mol. The number of nitrogens with two attached hydrogens (primary N) is 1. The number of anilines is 1. The Balaban J connectivity index is 1.65. The van der Waals surface area contributed by atoms with E-state index >= 15 is 0 Å². The largest absolute Gasteiger partial charge is 0.394 e. The number of aliphatic hydroxyl groups is 4. The van der Waals surface area contributed by atoms with Gasteiger partial charge in [-0.25, -0.2) is 9.97 Å². The number of nitrogens with zero attached hydrogens (tertiary/aromatic N) is 3. The van der Waals surface area contributed by atoms with Crippen LogP contribution in [0.2, 0.25) is 0 Å². The number of carbonyl (C=O) groups excluding carboxylic acids is 1. The summed E-state index contributed by atoms with van der Waals surface area (Å²) in [6, 6.07) is -0.981. The molecule has 0 saturated carbocycles. The number of amides is 1. The lowest BCUT2D eigenvalue weighted by Crippen LogP contribution is -2.47. The number of fused-ring (bicyclic) bond motifs is 1. The van der Waals surface area contributed by atoms with Crippen molar-refractivity contribution in [1.82, 2.24) is 24.8 Å². The number of aromatic nitrogens is 4. The highest BCUT2D eigenvalue weighted by Gasteiger charge is 2.43. The van der Waals surface area contributed by atoms with Gasteiger partial charge in [-0.1, -0.05) is 12.2 Å². The Bertz CT molecular complexity index is 966. The first-order valence-electron chi connectivity index (χ1n) is 9.79. The molecule has 6 atom stereocenters. The van der Waals surface area contributed by atoms with Gasteiger partial charge in [-0.15, -0.1) is 0 Å². The lowest BCUT2D eigenvalue weighted by molar-refractivity contribution is -0.124. The van der Waals surface area contributed by atoms with Crippen LogP contribution in [0.5, 0.6) is 0 Å². The Labute approximate surface area is 182 Å². The third-order valence-electron chi connectivity index (χ3n) is 5.01. The van der Waals surface area contributed by atoms with Gasteiger partial charge >= 0.3 is 0 Å². The summed E-state index contributed by atoms with van der Waals surface area (Å²) in [6.45, 7) is 1.79. The maximum Gasteiger partial charge on any atom is 0.239 e. The Morgan fingerprint density at radius 3 is 2.81 bits per heavy atom. The number of ether oxygens (including phenoxy) is 1. The number of H-pyrrole nitrogens is 1. The van der Waals surface area contributed by atoms with Gasteiger partial charge in [0.05, 0.1) is 19.0 Å². The fourth-order valence-electron chi connectivity index (χ4n) is 3.17. The number of carbonyl (C=O) groups is 1. The second kappa shape index (κ2) is 9.95. The average Bonchev–Trinajstić information content (AvgIpc) is 3.28. The molecule has 0 bridgehead atoms. The number of aromatic amines is 1. The average molecular weight is 458 g/mol. The Morgan fingerprint density at radius 1 is 1.42 bits per heavy atom. The standard InChI is InChI=1S/C17H27N7O6S/c1-7(26)9(18)14(29)19-3-2-4-20-17-22-13-10(15(31)23-17)21-6-24(13)16-12(28)11(27)8(5-25)30-16/h6-9,11-12,16,25-28H,2-5,18H2,1H3,(H,19,29)(H2,20,22,23,31)/t7?,8-,9?,11?,12?,16-/m1/s1. The summed E-state index contributed by atoms with van der Waals surface area (Å²) in [5.74, 6) is -0.0886. The topological polar surface area (TPSA) is 204 Å². The molecular formula is C17H27N7O6S. The molecule has 1 fully saturated rings. The molecule has 1 aliphatic rings. The van der Waals surface area contributed by atoms with Crippen molar-refractivity contribution in [2.45, 2.75) is 50.0 Å². The molecule has 4 unspecified atom stereocenters. The highest BCUT2D eigenvalue weighted by molar-refractivity contribution is 7.71. The van der Waals surface area contributed by atoms with E-state index in [1.165, 1.54) is 17.8 Å². The van der Waals surface area contributed by atoms with Crippen LogP contribution >= 0.6 is 12.2 Å². The highest BCUT2D eigenvalue weighted by Crippen LogP contribution is 2.31. The quantitative estimate of drug-likeness (QED) is 0.149. The fourth-order valence-corrected chi connectivity index (χ4v) is 3.41. The molecule has 1 amide bonds. The van der Waals surface area contributed by atoms with Crippen LogP contribution in [0.3, 0.4) is 0 Å². The molecule has 3 heterocycles. The van der Waals surface area contributed by atoms with Crippen molar-refractivity contribution in [3.8, 4) is 0 Å². The van der Waals surface area contributed by atoms with Gasteiger partial charge in [0.1, 0.15) is 35.5 Å². The van der Waals surface area contributed by atoms with Crippen LogP contribution in [-0.2, 0) is 9.53 Å². The Morgan fingerprint density at radius 2 is 2.16 bits per heavy atom. The van der Waals surface area contributed by atoms with Crippen molar-refractivity contribution in [3.63, 3.8) is 0 Å². The van der Waals surface area contributed by atoms with Crippen molar-refractivity contribution in [2.24, 2.45) is 5.73 Å². The van der Waals surface area contributed by atoms with Crippen molar-refractivity contribution < 1.29 is 30.0 Å². The first-order valence-corrected chi connectivity index (χ1v) is 10.2. The molecule has 2 aromatic heterocycles. The first kappa shape index (κ1) is 23.5. The summed E-state index contributed by atoms with van der Waals surface area (Å²) >= 11 is 5.28. The van der Waals surface area contributed by atoms with Gasteiger partial charge in [0.25, 0.3) is 0 Å². The monoisotopic (exact) mass is 457 g/mol. The lowest BCUT2D eigenvalue weighted by atomic mass is 10.1. The van der Waals surface area contributed by atoms with E-state index in [9.17, 15) is 25.2 Å². The molecule has 0 aliphatic carbocycles. The van der Waals surface area contributed by atoms with Crippen LogP contribution in [0, 0.1) is 4.64 Å². The maximum atomic E-state index is 11.7. The van der Waals surface area contributed by atoms with E-state index in [1.54, 1.807) is 0 Å². The molecule has 31 heavy (non-hydrogen) atoms. The third-order valence-corrected chi connectivity index (χ3v) is 5.29. The summed E-state index contributed by atoms with van der Waals surface area (Å²) in [5, 5.41) is 44.6. The molecule has 1 saturated heterocycles. The maximum absolute atomic E-state index is 11.7. The predicted octanol–water partition coefficient (Wildman–Crippen LogP) is -2.27. The zero-order chi connectivity index (χ0) is 22.7. The molecule has 0 radical (unpaired) electrons. The van der Waals surface area contributed by atoms with Crippen LogP contribution < -0.4 is 16.4 Å². The molecule has 3 rings (SSSR count). The van der Waals surface area contributed by atoms with Crippen LogP contribution in [0.1, 0.15) is 19.6 Å². The molecule has 9 N–H and O–H groups in total. The molecule has 0 aromatic carbocycles. The van der Waals surface area contributed by atoms with E-state index in [2.05, 4.69) is 25.6 Å². The fraction of sp³-hybridized carbons (Fsp3) is 0.647. The van der Waals surface area contributed by atoms with Crippen LogP contribution in [0.25, 0.3) is 11.2 Å². The van der Waals surface area contributed by atoms with E-state index in [0.29, 0.717) is 36.6 Å².